The summed E-state index contributed by atoms with van der Waals surface area (Å²) in [6, 6.07) is 13.0. The van der Waals surface area contributed by atoms with Crippen molar-refractivity contribution in [1.29, 1.82) is 5.26 Å². The smallest absolute Gasteiger partial charge is 0.337 e. The maximum atomic E-state index is 12.8. The summed E-state index contributed by atoms with van der Waals surface area (Å²) < 4.78 is 1.78. The van der Waals surface area contributed by atoms with Gasteiger partial charge in [0.1, 0.15) is 5.69 Å². The average molecular weight is 359 g/mol. The van der Waals surface area contributed by atoms with Gasteiger partial charge in [-0.25, -0.2) is 4.79 Å². The Labute approximate surface area is 153 Å². The molecule has 2 aromatic carbocycles. The summed E-state index contributed by atoms with van der Waals surface area (Å²) in [6.45, 7) is 0.390. The number of carboxylic acids is 1. The molecular weight excluding hydrogens is 346 g/mol. The van der Waals surface area contributed by atoms with E-state index in [2.05, 4.69) is 5.32 Å². The van der Waals surface area contributed by atoms with Crippen LogP contribution in [0.2, 0.25) is 0 Å². The number of carbonyl (C=O) groups excluding carboxylic acids is 2. The van der Waals surface area contributed by atoms with Gasteiger partial charge in [-0.15, -0.1) is 0 Å². The van der Waals surface area contributed by atoms with Crippen LogP contribution in [0.25, 0.3) is 10.9 Å². The molecule has 0 unspecified atom stereocenters. The van der Waals surface area contributed by atoms with Crippen LogP contribution in [0.1, 0.15) is 43.2 Å². The number of aromatic nitrogens is 1. The van der Waals surface area contributed by atoms with Crippen molar-refractivity contribution >= 4 is 34.3 Å². The number of benzene rings is 2. The third kappa shape index (κ3) is 2.64. The highest BCUT2D eigenvalue weighted by atomic mass is 16.4. The second kappa shape index (κ2) is 6.11. The minimum absolute atomic E-state index is 0.0402. The van der Waals surface area contributed by atoms with E-state index in [1.54, 1.807) is 22.8 Å². The van der Waals surface area contributed by atoms with Gasteiger partial charge in [0.2, 0.25) is 0 Å². The summed E-state index contributed by atoms with van der Waals surface area (Å²) in [4.78, 5) is 36.4. The number of aromatic carboxylic acids is 1. The molecule has 2 N–H and O–H groups in total. The summed E-state index contributed by atoms with van der Waals surface area (Å²) >= 11 is 0. The standard InChI is InChI=1S/C20H13N3O4/c21-10-11-4-5-15(14(8-11)20(26)27)22-19(25)16-9-12-2-1-3-13-17(24)6-7-23(16)18(12)13/h1-5,8-9H,6-7H2,(H,22,25)(H,26,27). The maximum Gasteiger partial charge on any atom is 0.337 e. The highest BCUT2D eigenvalue weighted by Crippen LogP contribution is 2.29. The van der Waals surface area contributed by atoms with Crippen molar-refractivity contribution in [3.63, 3.8) is 0 Å². The largest absolute Gasteiger partial charge is 0.478 e. The Kier molecular flexibility index (Phi) is 3.74. The van der Waals surface area contributed by atoms with Gasteiger partial charge in [-0.05, 0) is 30.3 Å². The van der Waals surface area contributed by atoms with Crippen LogP contribution in [0.5, 0.6) is 0 Å². The van der Waals surface area contributed by atoms with E-state index in [0.29, 0.717) is 24.2 Å². The van der Waals surface area contributed by atoms with Crippen LogP contribution in [-0.2, 0) is 6.54 Å². The Balaban J connectivity index is 1.77. The van der Waals surface area contributed by atoms with Gasteiger partial charge < -0.3 is 15.0 Å². The second-order valence-corrected chi connectivity index (χ2v) is 6.23. The highest BCUT2D eigenvalue weighted by molar-refractivity contribution is 6.13. The minimum Gasteiger partial charge on any atom is -0.478 e. The summed E-state index contributed by atoms with van der Waals surface area (Å²) in [6.07, 6.45) is 0.304. The lowest BCUT2D eigenvalue weighted by Gasteiger charge is -2.17. The van der Waals surface area contributed by atoms with E-state index >= 15 is 0 Å². The first-order valence-corrected chi connectivity index (χ1v) is 8.24. The molecule has 0 bridgehead atoms. The molecule has 4 rings (SSSR count). The predicted molar refractivity (Wildman–Crippen MR) is 97.0 cm³/mol. The molecule has 0 saturated heterocycles. The normalized spacial score (nSPS) is 12.6. The van der Waals surface area contributed by atoms with E-state index in [4.69, 9.17) is 5.26 Å². The van der Waals surface area contributed by atoms with Crippen LogP contribution < -0.4 is 5.32 Å². The number of carbonyl (C=O) groups is 3. The third-order valence-electron chi connectivity index (χ3n) is 4.64. The van der Waals surface area contributed by atoms with Gasteiger partial charge in [-0.3, -0.25) is 9.59 Å². The van der Waals surface area contributed by atoms with Crippen molar-refractivity contribution in [3.05, 3.63) is 64.8 Å². The predicted octanol–water partition coefficient (Wildman–Crippen LogP) is 3.05. The van der Waals surface area contributed by atoms with E-state index in [9.17, 15) is 19.5 Å². The number of hydrogen-bond acceptors (Lipinski definition) is 4. The molecule has 7 heteroatoms. The van der Waals surface area contributed by atoms with Gasteiger partial charge in [-0.1, -0.05) is 12.1 Å². The minimum atomic E-state index is -1.24. The lowest BCUT2D eigenvalue weighted by Crippen LogP contribution is -2.22. The number of anilines is 1. The number of nitriles is 1. The summed E-state index contributed by atoms with van der Waals surface area (Å²) in [5, 5.41) is 21.7. The SMILES string of the molecule is N#Cc1ccc(NC(=O)c2cc3cccc4c3n2CCC4=O)c(C(=O)O)c1. The molecule has 2 heterocycles. The number of aryl methyl sites for hydroxylation is 1. The van der Waals surface area contributed by atoms with Crippen LogP contribution in [0.15, 0.2) is 42.5 Å². The van der Waals surface area contributed by atoms with Gasteiger partial charge in [0, 0.05) is 23.9 Å². The Morgan fingerprint density at radius 3 is 2.74 bits per heavy atom. The molecular formula is C20H13N3O4. The molecule has 0 atom stereocenters. The zero-order valence-electron chi connectivity index (χ0n) is 14.0. The molecule has 1 aliphatic rings. The van der Waals surface area contributed by atoms with Gasteiger partial charge in [0.05, 0.1) is 28.4 Å². The molecule has 132 valence electrons. The van der Waals surface area contributed by atoms with E-state index in [1.165, 1.54) is 18.2 Å². The first-order valence-electron chi connectivity index (χ1n) is 8.24. The fraction of sp³-hybridized carbons (Fsp3) is 0.100. The molecule has 0 aliphatic carbocycles. The number of ketones is 1. The second-order valence-electron chi connectivity index (χ2n) is 6.23. The van der Waals surface area contributed by atoms with Crippen molar-refractivity contribution in [2.24, 2.45) is 0 Å². The summed E-state index contributed by atoms with van der Waals surface area (Å²) in [7, 11) is 0. The molecule has 27 heavy (non-hydrogen) atoms. The summed E-state index contributed by atoms with van der Waals surface area (Å²) in [5.41, 5.74) is 1.80. The molecule has 0 saturated carbocycles. The van der Waals surface area contributed by atoms with Crippen molar-refractivity contribution in [3.8, 4) is 6.07 Å². The number of nitrogens with zero attached hydrogens (tertiary/aromatic N) is 2. The van der Waals surface area contributed by atoms with Crippen molar-refractivity contribution in [2.45, 2.75) is 13.0 Å². The topological polar surface area (TPSA) is 112 Å². The van der Waals surface area contributed by atoms with Gasteiger partial charge in [0.15, 0.2) is 5.78 Å². The maximum absolute atomic E-state index is 12.8. The molecule has 3 aromatic rings. The molecule has 0 spiro atoms. The van der Waals surface area contributed by atoms with Crippen LogP contribution in [0.3, 0.4) is 0 Å². The van der Waals surface area contributed by atoms with Crippen molar-refractivity contribution in [1.82, 2.24) is 4.57 Å². The first-order chi connectivity index (χ1) is 13.0. The van der Waals surface area contributed by atoms with Crippen LogP contribution in [0, 0.1) is 11.3 Å². The fourth-order valence-corrected chi connectivity index (χ4v) is 3.40. The Morgan fingerprint density at radius 1 is 1.19 bits per heavy atom. The number of rotatable bonds is 3. The number of para-hydroxylation sites is 1. The number of hydrogen-bond donors (Lipinski definition) is 2. The van der Waals surface area contributed by atoms with Crippen molar-refractivity contribution < 1.29 is 19.5 Å². The van der Waals surface area contributed by atoms with Crippen molar-refractivity contribution in [2.75, 3.05) is 5.32 Å². The van der Waals surface area contributed by atoms with E-state index in [1.807, 2.05) is 12.1 Å². The molecule has 0 radical (unpaired) electrons. The molecule has 0 fully saturated rings. The molecule has 1 amide bonds. The van der Waals surface area contributed by atoms with Gasteiger partial charge in [-0.2, -0.15) is 5.26 Å². The van der Waals surface area contributed by atoms with E-state index in [0.717, 1.165) is 10.9 Å². The average Bonchev–Trinajstić information content (AvgIpc) is 3.05. The quantitative estimate of drug-likeness (QED) is 0.746. The lowest BCUT2D eigenvalue weighted by atomic mass is 10.0. The molecule has 1 aliphatic heterocycles. The van der Waals surface area contributed by atoms with Gasteiger partial charge in [0.25, 0.3) is 5.91 Å². The highest BCUT2D eigenvalue weighted by Gasteiger charge is 2.25. The Morgan fingerprint density at radius 2 is 2.00 bits per heavy atom. The number of nitrogens with one attached hydrogen (secondary N) is 1. The van der Waals surface area contributed by atoms with E-state index in [-0.39, 0.29) is 22.6 Å². The third-order valence-corrected chi connectivity index (χ3v) is 4.64. The monoisotopic (exact) mass is 359 g/mol. The number of carboxylic acid groups (broad SMARTS) is 1. The van der Waals surface area contributed by atoms with Crippen LogP contribution in [-0.4, -0.2) is 27.3 Å². The molecule has 7 nitrogen and oxygen atoms in total. The van der Waals surface area contributed by atoms with Crippen LogP contribution >= 0.6 is 0 Å². The zero-order valence-corrected chi connectivity index (χ0v) is 14.0. The number of Topliss-reactive ketones (excluding diaryl/α,β-unsaturated/α-hetero) is 1. The number of amides is 1. The Hall–Kier alpha value is -3.92. The molecule has 1 aromatic heterocycles. The lowest BCUT2D eigenvalue weighted by molar-refractivity contribution is 0.0697. The van der Waals surface area contributed by atoms with Crippen LogP contribution in [0.4, 0.5) is 5.69 Å². The Bertz CT molecular complexity index is 1180. The zero-order chi connectivity index (χ0) is 19.1. The van der Waals surface area contributed by atoms with Gasteiger partial charge >= 0.3 is 5.97 Å². The van der Waals surface area contributed by atoms with E-state index < -0.39 is 11.9 Å². The summed E-state index contributed by atoms with van der Waals surface area (Å²) in [5.74, 6) is -1.67. The fourth-order valence-electron chi connectivity index (χ4n) is 3.40. The first kappa shape index (κ1) is 16.5.